The van der Waals surface area contributed by atoms with Crippen molar-refractivity contribution in [1.82, 2.24) is 0 Å². The summed E-state index contributed by atoms with van der Waals surface area (Å²) < 4.78 is 5.18. The quantitative estimate of drug-likeness (QED) is 0.629. The average molecular weight is 156 g/mol. The highest BCUT2D eigenvalue weighted by Crippen LogP contribution is 2.16. The molecular weight excluding hydrogens is 140 g/mol. The molecule has 0 aromatic carbocycles. The zero-order valence-corrected chi connectivity index (χ0v) is 6.99. The molecule has 64 valence electrons. The first kappa shape index (κ1) is 8.60. The van der Waals surface area contributed by atoms with Crippen molar-refractivity contribution in [2.75, 3.05) is 0 Å². The van der Waals surface area contributed by atoms with Gasteiger partial charge in [-0.3, -0.25) is 0 Å². The Kier molecular flexibility index (Phi) is 3.43. The normalized spacial score (nSPS) is 28.9. The molecule has 0 aromatic rings. The lowest BCUT2D eigenvalue weighted by atomic mass is 10.1. The Balaban J connectivity index is 2.08. The van der Waals surface area contributed by atoms with Crippen LogP contribution in [0.15, 0.2) is 12.3 Å². The van der Waals surface area contributed by atoms with Crippen molar-refractivity contribution in [3.05, 3.63) is 12.3 Å². The summed E-state index contributed by atoms with van der Waals surface area (Å²) in [6, 6.07) is 0. The third-order valence-corrected chi connectivity index (χ3v) is 2.00. The maximum absolute atomic E-state index is 9.28. The fourth-order valence-corrected chi connectivity index (χ4v) is 1.27. The Hall–Kier alpha value is -0.500. The number of aliphatic hydroxyl groups is 1. The molecule has 0 amide bonds. The van der Waals surface area contributed by atoms with Gasteiger partial charge in [0.25, 0.3) is 0 Å². The predicted octanol–water partition coefficient (Wildman–Crippen LogP) is 1.84. The lowest BCUT2D eigenvalue weighted by molar-refractivity contribution is 0.0559. The summed E-state index contributed by atoms with van der Waals surface area (Å²) in [6.45, 7) is 2.17. The highest BCUT2D eigenvalue weighted by atomic mass is 16.5. The number of rotatable bonds is 4. The average Bonchev–Trinajstić information content (AvgIpc) is 2.37. The van der Waals surface area contributed by atoms with Crippen molar-refractivity contribution in [3.8, 4) is 0 Å². The van der Waals surface area contributed by atoms with E-state index >= 15 is 0 Å². The van der Waals surface area contributed by atoms with Gasteiger partial charge in [0.1, 0.15) is 12.2 Å². The first-order chi connectivity index (χ1) is 5.34. The van der Waals surface area contributed by atoms with Crippen LogP contribution in [0.25, 0.3) is 0 Å². The van der Waals surface area contributed by atoms with E-state index in [1.807, 2.05) is 0 Å². The predicted molar refractivity (Wildman–Crippen MR) is 44.2 cm³/mol. The number of aliphatic hydroxyl groups excluding tert-OH is 1. The van der Waals surface area contributed by atoms with Gasteiger partial charge in [0.15, 0.2) is 0 Å². The van der Waals surface area contributed by atoms with E-state index in [0.717, 1.165) is 12.8 Å². The zero-order valence-electron chi connectivity index (χ0n) is 6.99. The molecule has 1 N–H and O–H groups in total. The molecule has 0 radical (unpaired) electrons. The van der Waals surface area contributed by atoms with Crippen molar-refractivity contribution in [2.45, 2.75) is 44.8 Å². The maximum atomic E-state index is 9.28. The Morgan fingerprint density at radius 1 is 1.45 bits per heavy atom. The minimum Gasteiger partial charge on any atom is -0.495 e. The molecule has 2 nitrogen and oxygen atoms in total. The van der Waals surface area contributed by atoms with Crippen LogP contribution in [0.3, 0.4) is 0 Å². The number of hydrogen-bond donors (Lipinski definition) is 1. The van der Waals surface area contributed by atoms with Crippen molar-refractivity contribution in [1.29, 1.82) is 0 Å². The van der Waals surface area contributed by atoms with Crippen LogP contribution >= 0.6 is 0 Å². The first-order valence-electron chi connectivity index (χ1n) is 4.34. The lowest BCUT2D eigenvalue weighted by Gasteiger charge is -2.13. The molecule has 11 heavy (non-hydrogen) atoms. The molecule has 0 aliphatic carbocycles. The highest BCUT2D eigenvalue weighted by molar-refractivity contribution is 4.95. The van der Waals surface area contributed by atoms with E-state index in [9.17, 15) is 5.11 Å². The lowest BCUT2D eigenvalue weighted by Crippen LogP contribution is -2.20. The van der Waals surface area contributed by atoms with E-state index in [1.165, 1.54) is 12.8 Å². The van der Waals surface area contributed by atoms with Crippen LogP contribution in [0, 0.1) is 0 Å². The van der Waals surface area contributed by atoms with Crippen molar-refractivity contribution >= 4 is 0 Å². The fraction of sp³-hybridized carbons (Fsp3) is 0.778. The molecule has 2 atom stereocenters. The number of unbranched alkanes of at least 4 members (excludes halogenated alkanes) is 2. The molecule has 0 fully saturated rings. The van der Waals surface area contributed by atoms with E-state index in [1.54, 1.807) is 12.3 Å². The van der Waals surface area contributed by atoms with Gasteiger partial charge in [-0.2, -0.15) is 0 Å². The maximum Gasteiger partial charge on any atom is 0.127 e. The molecule has 0 spiro atoms. The summed E-state index contributed by atoms with van der Waals surface area (Å²) in [4.78, 5) is 0. The van der Waals surface area contributed by atoms with Gasteiger partial charge in [-0.05, 0) is 18.9 Å². The summed E-state index contributed by atoms with van der Waals surface area (Å²) in [5.74, 6) is 0. The Morgan fingerprint density at radius 2 is 2.27 bits per heavy atom. The smallest absolute Gasteiger partial charge is 0.127 e. The second kappa shape index (κ2) is 4.39. The van der Waals surface area contributed by atoms with E-state index in [4.69, 9.17) is 4.74 Å². The van der Waals surface area contributed by atoms with Crippen molar-refractivity contribution < 1.29 is 9.84 Å². The van der Waals surface area contributed by atoms with Gasteiger partial charge in [-0.25, -0.2) is 0 Å². The number of hydrogen-bond acceptors (Lipinski definition) is 2. The number of ether oxygens (including phenoxy) is 1. The molecule has 0 saturated carbocycles. The summed E-state index contributed by atoms with van der Waals surface area (Å²) in [7, 11) is 0. The zero-order chi connectivity index (χ0) is 8.10. The molecule has 0 aromatic heterocycles. The SMILES string of the molecule is CCCCC[C@@H]1OC=C[C@@H]1O. The van der Waals surface area contributed by atoms with E-state index in [-0.39, 0.29) is 12.2 Å². The molecule has 1 aliphatic rings. The second-order valence-electron chi connectivity index (χ2n) is 2.99. The van der Waals surface area contributed by atoms with Gasteiger partial charge in [0.05, 0.1) is 6.26 Å². The van der Waals surface area contributed by atoms with Crippen LogP contribution in [0.4, 0.5) is 0 Å². The van der Waals surface area contributed by atoms with Crippen LogP contribution in [0.1, 0.15) is 32.6 Å². The van der Waals surface area contributed by atoms with Gasteiger partial charge < -0.3 is 9.84 Å². The van der Waals surface area contributed by atoms with E-state index in [0.29, 0.717) is 0 Å². The van der Waals surface area contributed by atoms with Crippen LogP contribution in [0.5, 0.6) is 0 Å². The summed E-state index contributed by atoms with van der Waals surface area (Å²) >= 11 is 0. The first-order valence-corrected chi connectivity index (χ1v) is 4.34. The fourth-order valence-electron chi connectivity index (χ4n) is 1.27. The second-order valence-corrected chi connectivity index (χ2v) is 2.99. The molecule has 1 aliphatic heterocycles. The van der Waals surface area contributed by atoms with Gasteiger partial charge in [0, 0.05) is 0 Å². The summed E-state index contributed by atoms with van der Waals surface area (Å²) in [5.41, 5.74) is 0. The minimum atomic E-state index is -0.369. The van der Waals surface area contributed by atoms with Crippen LogP contribution in [-0.2, 0) is 4.74 Å². The molecule has 1 rings (SSSR count). The van der Waals surface area contributed by atoms with Gasteiger partial charge in [-0.15, -0.1) is 0 Å². The van der Waals surface area contributed by atoms with Crippen LogP contribution < -0.4 is 0 Å². The monoisotopic (exact) mass is 156 g/mol. The minimum absolute atomic E-state index is 0.0292. The van der Waals surface area contributed by atoms with Gasteiger partial charge >= 0.3 is 0 Å². The summed E-state index contributed by atoms with van der Waals surface area (Å²) in [5, 5.41) is 9.28. The standard InChI is InChI=1S/C9H16O2/c1-2-3-4-5-9-8(10)6-7-11-9/h6-10H,2-5H2,1H3/t8-,9-/m0/s1. The highest BCUT2D eigenvalue weighted by Gasteiger charge is 2.20. The molecule has 0 unspecified atom stereocenters. The topological polar surface area (TPSA) is 29.5 Å². The van der Waals surface area contributed by atoms with E-state index in [2.05, 4.69) is 6.92 Å². The molecule has 0 bridgehead atoms. The van der Waals surface area contributed by atoms with Crippen LogP contribution in [0.2, 0.25) is 0 Å². The molecule has 0 saturated heterocycles. The third-order valence-electron chi connectivity index (χ3n) is 2.00. The van der Waals surface area contributed by atoms with Crippen molar-refractivity contribution in [2.24, 2.45) is 0 Å². The Morgan fingerprint density at radius 3 is 2.82 bits per heavy atom. The Bertz CT molecular complexity index is 132. The Labute approximate surface area is 67.9 Å². The largest absolute Gasteiger partial charge is 0.495 e. The van der Waals surface area contributed by atoms with Crippen LogP contribution in [-0.4, -0.2) is 17.3 Å². The van der Waals surface area contributed by atoms with Gasteiger partial charge in [-0.1, -0.05) is 19.8 Å². The van der Waals surface area contributed by atoms with Gasteiger partial charge in [0.2, 0.25) is 0 Å². The third kappa shape index (κ3) is 2.54. The summed E-state index contributed by atoms with van der Waals surface area (Å²) in [6.07, 6.45) is 7.54. The molecular formula is C9H16O2. The van der Waals surface area contributed by atoms with Crippen molar-refractivity contribution in [3.63, 3.8) is 0 Å². The van der Waals surface area contributed by atoms with E-state index < -0.39 is 0 Å². The molecule has 1 heterocycles. The molecule has 2 heteroatoms.